The quantitative estimate of drug-likeness (QED) is 0.569. The highest BCUT2D eigenvalue weighted by atomic mass is 14.4. The Morgan fingerprint density at radius 2 is 1.93 bits per heavy atom. The highest BCUT2D eigenvalue weighted by Crippen LogP contribution is 2.46. The van der Waals surface area contributed by atoms with Gasteiger partial charge >= 0.3 is 0 Å². The summed E-state index contributed by atoms with van der Waals surface area (Å²) in [5.41, 5.74) is 0.699. The Morgan fingerprint density at radius 1 is 1.14 bits per heavy atom. The predicted molar refractivity (Wildman–Crippen MR) is 64.5 cm³/mol. The summed E-state index contributed by atoms with van der Waals surface area (Å²) >= 11 is 0. The molecule has 0 heterocycles. The first-order chi connectivity index (χ1) is 6.73. The Morgan fingerprint density at radius 3 is 2.57 bits per heavy atom. The fourth-order valence-corrected chi connectivity index (χ4v) is 3.22. The Kier molecular flexibility index (Phi) is 4.98. The largest absolute Gasteiger partial charge is 0.0654 e. The molecule has 1 aliphatic carbocycles. The van der Waals surface area contributed by atoms with Crippen LogP contribution >= 0.6 is 0 Å². The maximum atomic E-state index is 2.56. The zero-order valence-electron chi connectivity index (χ0n) is 10.4. The molecule has 1 saturated carbocycles. The van der Waals surface area contributed by atoms with Crippen LogP contribution in [0.15, 0.2) is 0 Å². The van der Waals surface area contributed by atoms with E-state index in [-0.39, 0.29) is 0 Å². The van der Waals surface area contributed by atoms with E-state index in [0.717, 1.165) is 5.92 Å². The Bertz CT molecular complexity index is 148. The Hall–Kier alpha value is 0. The van der Waals surface area contributed by atoms with Crippen LogP contribution in [0.4, 0.5) is 0 Å². The topological polar surface area (TPSA) is 0 Å². The van der Waals surface area contributed by atoms with Gasteiger partial charge in [0, 0.05) is 0 Å². The molecule has 1 rings (SSSR count). The van der Waals surface area contributed by atoms with Crippen molar-refractivity contribution in [2.24, 2.45) is 11.3 Å². The van der Waals surface area contributed by atoms with E-state index in [9.17, 15) is 0 Å². The molecule has 84 valence electrons. The van der Waals surface area contributed by atoms with Gasteiger partial charge in [0.15, 0.2) is 0 Å². The molecular formula is C14H28. The van der Waals surface area contributed by atoms with Crippen LogP contribution < -0.4 is 0 Å². The van der Waals surface area contributed by atoms with E-state index < -0.39 is 0 Å². The molecule has 0 aromatic heterocycles. The Labute approximate surface area is 90.5 Å². The van der Waals surface area contributed by atoms with Crippen LogP contribution in [0.25, 0.3) is 0 Å². The fraction of sp³-hybridized carbons (Fsp3) is 1.00. The molecule has 2 unspecified atom stereocenters. The molecule has 0 radical (unpaired) electrons. The molecule has 0 N–H and O–H groups in total. The van der Waals surface area contributed by atoms with Crippen molar-refractivity contribution < 1.29 is 0 Å². The molecule has 0 aromatic carbocycles. The summed E-state index contributed by atoms with van der Waals surface area (Å²) < 4.78 is 0. The summed E-state index contributed by atoms with van der Waals surface area (Å²) in [6, 6.07) is 0. The van der Waals surface area contributed by atoms with Gasteiger partial charge in [-0.05, 0) is 30.6 Å². The summed E-state index contributed by atoms with van der Waals surface area (Å²) in [4.78, 5) is 0. The van der Waals surface area contributed by atoms with E-state index >= 15 is 0 Å². The van der Waals surface area contributed by atoms with E-state index in [1.807, 2.05) is 0 Å². The van der Waals surface area contributed by atoms with Crippen LogP contribution in [-0.2, 0) is 0 Å². The zero-order valence-corrected chi connectivity index (χ0v) is 10.4. The summed E-state index contributed by atoms with van der Waals surface area (Å²) in [7, 11) is 0. The molecule has 14 heavy (non-hydrogen) atoms. The lowest BCUT2D eigenvalue weighted by atomic mass is 9.64. The van der Waals surface area contributed by atoms with Crippen molar-refractivity contribution in [3.8, 4) is 0 Å². The molecule has 0 amide bonds. The molecule has 0 bridgehead atoms. The van der Waals surface area contributed by atoms with Gasteiger partial charge in [-0.25, -0.2) is 0 Å². The standard InChI is InChI=1S/C14H28/c1-4-6-11-14(3)12-8-7-10-13(14)9-5-2/h13H,4-12H2,1-3H3. The third kappa shape index (κ3) is 3.00. The average molecular weight is 196 g/mol. The minimum atomic E-state index is 0.699. The normalized spacial score (nSPS) is 33.2. The first-order valence-corrected chi connectivity index (χ1v) is 6.73. The van der Waals surface area contributed by atoms with Crippen LogP contribution in [0, 0.1) is 11.3 Å². The summed E-state index contributed by atoms with van der Waals surface area (Å²) in [5, 5.41) is 0. The van der Waals surface area contributed by atoms with Crippen molar-refractivity contribution in [3.63, 3.8) is 0 Å². The van der Waals surface area contributed by atoms with Crippen molar-refractivity contribution in [1.82, 2.24) is 0 Å². The van der Waals surface area contributed by atoms with Gasteiger partial charge in [0.1, 0.15) is 0 Å². The maximum absolute atomic E-state index is 2.56. The summed E-state index contributed by atoms with van der Waals surface area (Å²) in [5.74, 6) is 1.03. The molecule has 0 aromatic rings. The highest BCUT2D eigenvalue weighted by molar-refractivity contribution is 4.85. The highest BCUT2D eigenvalue weighted by Gasteiger charge is 2.34. The SMILES string of the molecule is CCCCC1(C)CCCCC1CCC. The molecule has 0 nitrogen and oxygen atoms in total. The molecule has 0 heteroatoms. The second-order valence-electron chi connectivity index (χ2n) is 5.49. The van der Waals surface area contributed by atoms with Crippen molar-refractivity contribution >= 4 is 0 Å². The lowest BCUT2D eigenvalue weighted by Crippen LogP contribution is -2.30. The van der Waals surface area contributed by atoms with Gasteiger partial charge in [-0.15, -0.1) is 0 Å². The van der Waals surface area contributed by atoms with Crippen LogP contribution in [0.1, 0.15) is 78.6 Å². The van der Waals surface area contributed by atoms with Gasteiger partial charge < -0.3 is 0 Å². The van der Waals surface area contributed by atoms with Gasteiger partial charge in [-0.2, -0.15) is 0 Å². The first-order valence-electron chi connectivity index (χ1n) is 6.73. The fourth-order valence-electron chi connectivity index (χ4n) is 3.22. The molecular weight excluding hydrogens is 168 g/mol. The molecule has 0 spiro atoms. The Balaban J connectivity index is 2.49. The molecule has 1 fully saturated rings. The average Bonchev–Trinajstić information content (AvgIpc) is 2.19. The first kappa shape index (κ1) is 12.1. The smallest absolute Gasteiger partial charge is 0.0298 e. The maximum Gasteiger partial charge on any atom is -0.0298 e. The number of rotatable bonds is 5. The third-order valence-corrected chi connectivity index (χ3v) is 4.27. The number of unbranched alkanes of at least 4 members (excludes halogenated alkanes) is 1. The third-order valence-electron chi connectivity index (χ3n) is 4.27. The molecule has 0 saturated heterocycles. The van der Waals surface area contributed by atoms with E-state index in [1.54, 1.807) is 0 Å². The molecule has 0 aliphatic heterocycles. The lowest BCUT2D eigenvalue weighted by Gasteiger charge is -2.42. The van der Waals surface area contributed by atoms with Gasteiger partial charge in [0.25, 0.3) is 0 Å². The number of hydrogen-bond donors (Lipinski definition) is 0. The van der Waals surface area contributed by atoms with Crippen molar-refractivity contribution in [2.75, 3.05) is 0 Å². The van der Waals surface area contributed by atoms with Crippen molar-refractivity contribution in [1.29, 1.82) is 0 Å². The van der Waals surface area contributed by atoms with Gasteiger partial charge in [-0.3, -0.25) is 0 Å². The van der Waals surface area contributed by atoms with Crippen LogP contribution in [0.3, 0.4) is 0 Å². The van der Waals surface area contributed by atoms with Crippen LogP contribution in [-0.4, -0.2) is 0 Å². The van der Waals surface area contributed by atoms with Crippen LogP contribution in [0.5, 0.6) is 0 Å². The van der Waals surface area contributed by atoms with E-state index in [0.29, 0.717) is 5.41 Å². The van der Waals surface area contributed by atoms with Gasteiger partial charge in [0.2, 0.25) is 0 Å². The van der Waals surface area contributed by atoms with E-state index in [2.05, 4.69) is 20.8 Å². The second-order valence-corrected chi connectivity index (χ2v) is 5.49. The summed E-state index contributed by atoms with van der Waals surface area (Å²) in [6.45, 7) is 7.22. The van der Waals surface area contributed by atoms with Gasteiger partial charge in [-0.1, -0.05) is 59.3 Å². The summed E-state index contributed by atoms with van der Waals surface area (Å²) in [6.07, 6.45) is 13.1. The second kappa shape index (κ2) is 5.78. The van der Waals surface area contributed by atoms with E-state index in [1.165, 1.54) is 57.8 Å². The van der Waals surface area contributed by atoms with Crippen molar-refractivity contribution in [3.05, 3.63) is 0 Å². The number of hydrogen-bond acceptors (Lipinski definition) is 0. The van der Waals surface area contributed by atoms with E-state index in [4.69, 9.17) is 0 Å². The molecule has 1 aliphatic rings. The minimum Gasteiger partial charge on any atom is -0.0654 e. The predicted octanol–water partition coefficient (Wildman–Crippen LogP) is 5.17. The lowest BCUT2D eigenvalue weighted by molar-refractivity contribution is 0.0928. The van der Waals surface area contributed by atoms with Crippen molar-refractivity contribution in [2.45, 2.75) is 78.6 Å². The zero-order chi connectivity index (χ0) is 10.4. The van der Waals surface area contributed by atoms with Crippen LogP contribution in [0.2, 0.25) is 0 Å². The van der Waals surface area contributed by atoms with Gasteiger partial charge in [0.05, 0.1) is 0 Å². The minimum absolute atomic E-state index is 0.699. The molecule has 2 atom stereocenters. The monoisotopic (exact) mass is 196 g/mol.